The quantitative estimate of drug-likeness (QED) is 0.615. The zero-order chi connectivity index (χ0) is 13.8. The predicted octanol–water partition coefficient (Wildman–Crippen LogP) is 4.81. The van der Waals surface area contributed by atoms with Crippen LogP contribution in [0.15, 0.2) is 65.2 Å². The molecular formula is C16H13ClN2S. The van der Waals surface area contributed by atoms with E-state index in [1.807, 2.05) is 42.6 Å². The zero-order valence-electron chi connectivity index (χ0n) is 10.7. The number of hydrogen-bond donors (Lipinski definition) is 0. The molecule has 0 spiro atoms. The van der Waals surface area contributed by atoms with Crippen LogP contribution in [0.2, 0.25) is 5.02 Å². The molecular weight excluding hydrogens is 288 g/mol. The SMILES string of the molecule is Clc1ccc(C=NCc2sccc2-n2cccc2)cc1. The number of halogens is 1. The molecule has 0 bridgehead atoms. The Morgan fingerprint density at radius 2 is 1.85 bits per heavy atom. The van der Waals surface area contributed by atoms with E-state index in [0.717, 1.165) is 10.6 Å². The molecule has 2 aromatic heterocycles. The summed E-state index contributed by atoms with van der Waals surface area (Å²) in [6, 6.07) is 13.9. The van der Waals surface area contributed by atoms with Gasteiger partial charge in [0.05, 0.1) is 12.2 Å². The van der Waals surface area contributed by atoms with Gasteiger partial charge in [0.15, 0.2) is 0 Å². The van der Waals surface area contributed by atoms with Gasteiger partial charge in [-0.2, -0.15) is 0 Å². The van der Waals surface area contributed by atoms with E-state index in [9.17, 15) is 0 Å². The molecule has 2 heterocycles. The maximum absolute atomic E-state index is 5.86. The smallest absolute Gasteiger partial charge is 0.0753 e. The Kier molecular flexibility index (Phi) is 4.00. The minimum atomic E-state index is 0.688. The van der Waals surface area contributed by atoms with Crippen LogP contribution in [0.1, 0.15) is 10.4 Å². The summed E-state index contributed by atoms with van der Waals surface area (Å²) in [6.07, 6.45) is 5.98. The summed E-state index contributed by atoms with van der Waals surface area (Å²) in [5.74, 6) is 0. The van der Waals surface area contributed by atoms with Crippen LogP contribution in [0.3, 0.4) is 0 Å². The summed E-state index contributed by atoms with van der Waals surface area (Å²) >= 11 is 7.59. The average Bonchev–Trinajstić information content (AvgIpc) is 3.11. The molecule has 2 nitrogen and oxygen atoms in total. The number of aliphatic imine (C=N–C) groups is 1. The molecule has 0 aliphatic rings. The van der Waals surface area contributed by atoms with Crippen LogP contribution in [0.4, 0.5) is 0 Å². The lowest BCUT2D eigenvalue weighted by Crippen LogP contribution is -1.91. The highest BCUT2D eigenvalue weighted by Gasteiger charge is 2.04. The summed E-state index contributed by atoms with van der Waals surface area (Å²) in [6.45, 7) is 0.688. The fourth-order valence-electron chi connectivity index (χ4n) is 1.96. The van der Waals surface area contributed by atoms with Gasteiger partial charge in [-0.05, 0) is 41.3 Å². The molecule has 1 aromatic carbocycles. The number of nitrogens with zero attached hydrogens (tertiary/aromatic N) is 2. The number of benzene rings is 1. The average molecular weight is 301 g/mol. The van der Waals surface area contributed by atoms with E-state index in [-0.39, 0.29) is 0 Å². The van der Waals surface area contributed by atoms with E-state index in [4.69, 9.17) is 11.6 Å². The third kappa shape index (κ3) is 3.00. The first-order valence-corrected chi connectivity index (χ1v) is 7.54. The van der Waals surface area contributed by atoms with Crippen LogP contribution in [-0.2, 0) is 6.54 Å². The molecule has 3 rings (SSSR count). The molecule has 0 N–H and O–H groups in total. The Morgan fingerprint density at radius 3 is 2.60 bits per heavy atom. The second kappa shape index (κ2) is 6.07. The van der Waals surface area contributed by atoms with Crippen molar-refractivity contribution in [1.29, 1.82) is 0 Å². The lowest BCUT2D eigenvalue weighted by atomic mass is 10.2. The first-order chi connectivity index (χ1) is 9.83. The van der Waals surface area contributed by atoms with Gasteiger partial charge in [0, 0.05) is 28.5 Å². The van der Waals surface area contributed by atoms with Crippen molar-refractivity contribution in [3.63, 3.8) is 0 Å². The van der Waals surface area contributed by atoms with Gasteiger partial charge < -0.3 is 4.57 Å². The monoisotopic (exact) mass is 300 g/mol. The molecule has 0 saturated carbocycles. The maximum atomic E-state index is 5.86. The Morgan fingerprint density at radius 1 is 1.10 bits per heavy atom. The van der Waals surface area contributed by atoms with Crippen molar-refractivity contribution in [1.82, 2.24) is 4.57 Å². The molecule has 0 radical (unpaired) electrons. The molecule has 0 saturated heterocycles. The summed E-state index contributed by atoms with van der Waals surface area (Å²) in [5.41, 5.74) is 2.27. The lowest BCUT2D eigenvalue weighted by molar-refractivity contribution is 1.02. The van der Waals surface area contributed by atoms with Crippen molar-refractivity contribution < 1.29 is 0 Å². The Labute approximate surface area is 127 Å². The van der Waals surface area contributed by atoms with Crippen molar-refractivity contribution in [2.24, 2.45) is 4.99 Å². The molecule has 4 heteroatoms. The Hall–Kier alpha value is -1.84. The highest BCUT2D eigenvalue weighted by atomic mass is 35.5. The van der Waals surface area contributed by atoms with Crippen LogP contribution in [0.5, 0.6) is 0 Å². The Balaban J connectivity index is 1.73. The molecule has 3 aromatic rings. The van der Waals surface area contributed by atoms with Gasteiger partial charge in [0.2, 0.25) is 0 Å². The van der Waals surface area contributed by atoms with Gasteiger partial charge in [-0.3, -0.25) is 4.99 Å². The van der Waals surface area contributed by atoms with E-state index in [1.165, 1.54) is 10.6 Å². The van der Waals surface area contributed by atoms with Crippen LogP contribution < -0.4 is 0 Å². The fourth-order valence-corrected chi connectivity index (χ4v) is 2.89. The van der Waals surface area contributed by atoms with Crippen LogP contribution in [0.25, 0.3) is 5.69 Å². The second-order valence-corrected chi connectivity index (χ2v) is 5.78. The highest BCUT2D eigenvalue weighted by molar-refractivity contribution is 7.10. The minimum Gasteiger partial charge on any atom is -0.323 e. The van der Waals surface area contributed by atoms with E-state index < -0.39 is 0 Å². The molecule has 0 fully saturated rings. The predicted molar refractivity (Wildman–Crippen MR) is 86.4 cm³/mol. The summed E-state index contributed by atoms with van der Waals surface area (Å²) in [4.78, 5) is 5.77. The van der Waals surface area contributed by atoms with Crippen molar-refractivity contribution in [2.75, 3.05) is 0 Å². The van der Waals surface area contributed by atoms with Crippen molar-refractivity contribution in [3.8, 4) is 5.69 Å². The lowest BCUT2D eigenvalue weighted by Gasteiger charge is -2.02. The van der Waals surface area contributed by atoms with Gasteiger partial charge in [0.1, 0.15) is 0 Å². The summed E-state index contributed by atoms with van der Waals surface area (Å²) in [7, 11) is 0. The third-order valence-electron chi connectivity index (χ3n) is 2.95. The first kappa shape index (κ1) is 13.2. The van der Waals surface area contributed by atoms with Gasteiger partial charge in [-0.25, -0.2) is 0 Å². The molecule has 0 aliphatic carbocycles. The van der Waals surface area contributed by atoms with Gasteiger partial charge >= 0.3 is 0 Å². The summed E-state index contributed by atoms with van der Waals surface area (Å²) < 4.78 is 2.11. The normalized spacial score (nSPS) is 11.2. The summed E-state index contributed by atoms with van der Waals surface area (Å²) in [5, 5.41) is 2.85. The number of aromatic nitrogens is 1. The van der Waals surface area contributed by atoms with Crippen molar-refractivity contribution in [3.05, 3.63) is 75.7 Å². The largest absolute Gasteiger partial charge is 0.323 e. The van der Waals surface area contributed by atoms with Crippen LogP contribution >= 0.6 is 22.9 Å². The number of thiophene rings is 1. The molecule has 20 heavy (non-hydrogen) atoms. The topological polar surface area (TPSA) is 17.3 Å². The van der Waals surface area contributed by atoms with Gasteiger partial charge in [-0.15, -0.1) is 11.3 Å². The zero-order valence-corrected chi connectivity index (χ0v) is 12.3. The fraction of sp³-hybridized carbons (Fsp3) is 0.0625. The van der Waals surface area contributed by atoms with E-state index >= 15 is 0 Å². The molecule has 0 amide bonds. The first-order valence-electron chi connectivity index (χ1n) is 6.28. The minimum absolute atomic E-state index is 0.688. The number of rotatable bonds is 4. The van der Waals surface area contributed by atoms with Crippen LogP contribution in [-0.4, -0.2) is 10.8 Å². The Bertz CT molecular complexity index is 696. The number of hydrogen-bond acceptors (Lipinski definition) is 2. The van der Waals surface area contributed by atoms with Crippen molar-refractivity contribution >= 4 is 29.2 Å². The molecule has 100 valence electrons. The third-order valence-corrected chi connectivity index (χ3v) is 4.10. The van der Waals surface area contributed by atoms with E-state index in [2.05, 4.69) is 33.4 Å². The maximum Gasteiger partial charge on any atom is 0.0753 e. The molecule has 0 aliphatic heterocycles. The second-order valence-electron chi connectivity index (χ2n) is 4.34. The van der Waals surface area contributed by atoms with E-state index in [1.54, 1.807) is 11.3 Å². The standard InChI is InChI=1S/C16H13ClN2S/c17-14-5-3-13(4-6-14)11-18-12-16-15(7-10-20-16)19-8-1-2-9-19/h1-11H,12H2. The van der Waals surface area contributed by atoms with Crippen LogP contribution in [0, 0.1) is 0 Å². The molecule has 0 atom stereocenters. The molecule has 0 unspecified atom stereocenters. The van der Waals surface area contributed by atoms with Gasteiger partial charge in [0.25, 0.3) is 0 Å². The van der Waals surface area contributed by atoms with Gasteiger partial charge in [-0.1, -0.05) is 23.7 Å². The van der Waals surface area contributed by atoms with Crippen molar-refractivity contribution in [2.45, 2.75) is 6.54 Å². The highest BCUT2D eigenvalue weighted by Crippen LogP contribution is 2.22. The van der Waals surface area contributed by atoms with E-state index in [0.29, 0.717) is 6.54 Å².